The van der Waals surface area contributed by atoms with Gasteiger partial charge in [-0.25, -0.2) is 0 Å². The van der Waals surface area contributed by atoms with E-state index in [1.807, 2.05) is 12.1 Å². The first kappa shape index (κ1) is 22.5. The molecule has 0 spiro atoms. The van der Waals surface area contributed by atoms with Crippen LogP contribution in [0.15, 0.2) is 27.8 Å². The van der Waals surface area contributed by atoms with Crippen LogP contribution < -0.4 is 10.6 Å². The van der Waals surface area contributed by atoms with E-state index in [0.29, 0.717) is 0 Å². The Balaban J connectivity index is 0.00000261. The van der Waals surface area contributed by atoms with Gasteiger partial charge < -0.3 is 19.8 Å². The maximum absolute atomic E-state index is 5.41. The zero-order valence-corrected chi connectivity index (χ0v) is 18.7. The second kappa shape index (κ2) is 13.4. The van der Waals surface area contributed by atoms with Crippen LogP contribution in [0.3, 0.4) is 0 Å². The first-order chi connectivity index (χ1) is 12.9. The van der Waals surface area contributed by atoms with Gasteiger partial charge in [-0.3, -0.25) is 9.89 Å². The number of halogens is 1. The quantitative estimate of drug-likeness (QED) is 0.334. The normalized spacial score (nSPS) is 19.5. The molecule has 1 aromatic heterocycles. The monoisotopic (exact) mass is 490 g/mol. The van der Waals surface area contributed by atoms with Crippen LogP contribution in [0.4, 0.5) is 0 Å². The minimum atomic E-state index is 0. The lowest BCUT2D eigenvalue weighted by atomic mass is 9.89. The van der Waals surface area contributed by atoms with Gasteiger partial charge in [-0.05, 0) is 30.9 Å². The number of nitrogens with one attached hydrogen (secondary N) is 2. The molecule has 0 radical (unpaired) electrons. The van der Waals surface area contributed by atoms with Crippen LogP contribution >= 0.6 is 24.0 Å². The summed E-state index contributed by atoms with van der Waals surface area (Å²) in [5, 5.41) is 6.98. The van der Waals surface area contributed by atoms with Crippen molar-refractivity contribution in [3.05, 3.63) is 24.2 Å². The molecule has 0 amide bonds. The number of rotatable bonds is 8. The van der Waals surface area contributed by atoms with E-state index in [9.17, 15) is 0 Å². The lowest BCUT2D eigenvalue weighted by molar-refractivity contribution is 0.0389. The van der Waals surface area contributed by atoms with Crippen molar-refractivity contribution >= 4 is 29.9 Å². The van der Waals surface area contributed by atoms with Crippen LogP contribution in [0.25, 0.3) is 0 Å². The Labute approximate surface area is 180 Å². The van der Waals surface area contributed by atoms with E-state index in [0.717, 1.165) is 76.5 Å². The largest absolute Gasteiger partial charge is 0.469 e. The molecule has 0 unspecified atom stereocenters. The van der Waals surface area contributed by atoms with Crippen LogP contribution in [0.5, 0.6) is 0 Å². The third kappa shape index (κ3) is 8.83. The molecule has 0 bridgehead atoms. The van der Waals surface area contributed by atoms with Gasteiger partial charge in [0.1, 0.15) is 5.76 Å². The molecule has 7 heteroatoms. The van der Waals surface area contributed by atoms with Crippen LogP contribution in [-0.4, -0.2) is 63.3 Å². The van der Waals surface area contributed by atoms with E-state index in [4.69, 9.17) is 14.1 Å². The highest BCUT2D eigenvalue weighted by Crippen LogP contribution is 2.23. The highest BCUT2D eigenvalue weighted by molar-refractivity contribution is 14.0. The average Bonchev–Trinajstić information content (AvgIpc) is 3.21. The number of hydrogen-bond acceptors (Lipinski definition) is 4. The molecule has 3 rings (SSSR count). The lowest BCUT2D eigenvalue weighted by Gasteiger charge is -2.27. The number of aliphatic imine (C=N–C) groups is 1. The second-order valence-corrected chi connectivity index (χ2v) is 7.33. The number of nitrogens with zero attached hydrogens (tertiary/aromatic N) is 2. The summed E-state index contributed by atoms with van der Waals surface area (Å²) in [7, 11) is 0. The van der Waals surface area contributed by atoms with Crippen molar-refractivity contribution in [2.45, 2.75) is 38.5 Å². The van der Waals surface area contributed by atoms with Gasteiger partial charge >= 0.3 is 0 Å². The smallest absolute Gasteiger partial charge is 0.191 e. The fourth-order valence-electron chi connectivity index (χ4n) is 3.68. The third-order valence-electron chi connectivity index (χ3n) is 5.30. The Morgan fingerprint density at radius 1 is 1.11 bits per heavy atom. The fourth-order valence-corrected chi connectivity index (χ4v) is 3.68. The topological polar surface area (TPSA) is 62.0 Å². The summed E-state index contributed by atoms with van der Waals surface area (Å²) in [4.78, 5) is 7.31. The zero-order chi connectivity index (χ0) is 17.9. The minimum absolute atomic E-state index is 0. The molecule has 1 aliphatic heterocycles. The first-order valence-electron chi connectivity index (χ1n) is 10.2. The van der Waals surface area contributed by atoms with E-state index >= 15 is 0 Å². The van der Waals surface area contributed by atoms with Crippen molar-refractivity contribution in [2.75, 3.05) is 52.5 Å². The van der Waals surface area contributed by atoms with Gasteiger partial charge in [0.2, 0.25) is 0 Å². The Morgan fingerprint density at radius 2 is 1.89 bits per heavy atom. The maximum atomic E-state index is 5.41. The van der Waals surface area contributed by atoms with E-state index < -0.39 is 0 Å². The van der Waals surface area contributed by atoms with Gasteiger partial charge in [-0.15, -0.1) is 24.0 Å². The molecular weight excluding hydrogens is 455 g/mol. The summed E-state index contributed by atoms with van der Waals surface area (Å²) in [6.45, 7) is 7.48. The van der Waals surface area contributed by atoms with Crippen molar-refractivity contribution in [3.8, 4) is 0 Å². The van der Waals surface area contributed by atoms with Crippen LogP contribution in [-0.2, 0) is 11.2 Å². The molecule has 2 heterocycles. The van der Waals surface area contributed by atoms with Gasteiger partial charge in [0, 0.05) is 45.7 Å². The first-order valence-corrected chi connectivity index (χ1v) is 10.2. The van der Waals surface area contributed by atoms with Crippen molar-refractivity contribution in [2.24, 2.45) is 10.9 Å². The van der Waals surface area contributed by atoms with Crippen LogP contribution in [0.1, 0.15) is 37.9 Å². The Bertz CT molecular complexity index is 512. The van der Waals surface area contributed by atoms with Crippen molar-refractivity contribution in [1.82, 2.24) is 15.5 Å². The molecule has 1 aliphatic carbocycles. The summed E-state index contributed by atoms with van der Waals surface area (Å²) in [6.07, 6.45) is 9.40. The molecule has 6 nitrogen and oxygen atoms in total. The third-order valence-corrected chi connectivity index (χ3v) is 5.30. The molecule has 0 aromatic carbocycles. The molecule has 2 aliphatic rings. The summed E-state index contributed by atoms with van der Waals surface area (Å²) < 4.78 is 10.8. The van der Waals surface area contributed by atoms with Gasteiger partial charge in [0.15, 0.2) is 5.96 Å². The van der Waals surface area contributed by atoms with Crippen molar-refractivity contribution < 1.29 is 9.15 Å². The molecule has 1 saturated heterocycles. The molecule has 2 N–H and O–H groups in total. The maximum Gasteiger partial charge on any atom is 0.191 e. The highest BCUT2D eigenvalue weighted by atomic mass is 127. The average molecular weight is 490 g/mol. The molecule has 2 fully saturated rings. The summed E-state index contributed by atoms with van der Waals surface area (Å²) in [5.74, 6) is 2.71. The predicted molar refractivity (Wildman–Crippen MR) is 120 cm³/mol. The van der Waals surface area contributed by atoms with E-state index in [-0.39, 0.29) is 24.0 Å². The van der Waals surface area contributed by atoms with Gasteiger partial charge in [-0.1, -0.05) is 19.3 Å². The molecule has 1 saturated carbocycles. The second-order valence-electron chi connectivity index (χ2n) is 7.33. The number of hydrogen-bond donors (Lipinski definition) is 2. The highest BCUT2D eigenvalue weighted by Gasteiger charge is 2.13. The van der Waals surface area contributed by atoms with Crippen LogP contribution in [0.2, 0.25) is 0 Å². The Hall–Kier alpha value is -0.800. The summed E-state index contributed by atoms with van der Waals surface area (Å²) in [6, 6.07) is 3.96. The summed E-state index contributed by atoms with van der Waals surface area (Å²) in [5.41, 5.74) is 0. The van der Waals surface area contributed by atoms with Gasteiger partial charge in [-0.2, -0.15) is 0 Å². The molecule has 27 heavy (non-hydrogen) atoms. The molecule has 1 aromatic rings. The Kier molecular flexibility index (Phi) is 11.2. The van der Waals surface area contributed by atoms with Gasteiger partial charge in [0.25, 0.3) is 0 Å². The predicted octanol–water partition coefficient (Wildman–Crippen LogP) is 2.89. The van der Waals surface area contributed by atoms with Crippen molar-refractivity contribution in [1.29, 1.82) is 0 Å². The van der Waals surface area contributed by atoms with Crippen LogP contribution in [0, 0.1) is 5.92 Å². The number of morpholine rings is 1. The standard InChI is InChI=1S/C20H34N4O2.HI/c1-2-5-18(6-3-1)17-23-20(21-9-8-19-7-4-14-26-19)22-10-11-24-12-15-25-16-13-24;/h4,7,14,18H,1-3,5-6,8-13,15-17H2,(H2,21,22,23);1H. The fraction of sp³-hybridized carbons (Fsp3) is 0.750. The molecule has 154 valence electrons. The number of guanidine groups is 1. The van der Waals surface area contributed by atoms with E-state index in [1.165, 1.54) is 32.1 Å². The number of furan rings is 1. The van der Waals surface area contributed by atoms with Crippen molar-refractivity contribution in [3.63, 3.8) is 0 Å². The Morgan fingerprint density at radius 3 is 2.63 bits per heavy atom. The molecular formula is C20H35IN4O2. The SMILES string of the molecule is I.c1coc(CCNC(=NCC2CCCCC2)NCCN2CCOCC2)c1. The van der Waals surface area contributed by atoms with Gasteiger partial charge in [0.05, 0.1) is 19.5 Å². The minimum Gasteiger partial charge on any atom is -0.469 e. The summed E-state index contributed by atoms with van der Waals surface area (Å²) >= 11 is 0. The molecule has 0 atom stereocenters. The lowest BCUT2D eigenvalue weighted by Crippen LogP contribution is -2.45. The van der Waals surface area contributed by atoms with E-state index in [1.54, 1.807) is 6.26 Å². The zero-order valence-electron chi connectivity index (χ0n) is 16.3. The van der Waals surface area contributed by atoms with E-state index in [2.05, 4.69) is 15.5 Å². The number of ether oxygens (including phenoxy) is 1.